The van der Waals surface area contributed by atoms with Gasteiger partial charge < -0.3 is 4.98 Å². The molecule has 7 heteroatoms. The lowest BCUT2D eigenvalue weighted by Gasteiger charge is -2.08. The zero-order valence-corrected chi connectivity index (χ0v) is 12.2. The molecule has 0 fully saturated rings. The first-order valence-corrected chi connectivity index (χ1v) is 7.12. The maximum atomic E-state index is 14.1. The Morgan fingerprint density at radius 1 is 1.50 bits per heavy atom. The zero-order chi connectivity index (χ0) is 14.9. The summed E-state index contributed by atoms with van der Waals surface area (Å²) in [4.78, 5) is 18.4. The molecule has 0 aliphatic heterocycles. The largest absolute Gasteiger partial charge is 0.300 e. The Balaban J connectivity index is 2.82. The zero-order valence-electron chi connectivity index (χ0n) is 10.6. The van der Waals surface area contributed by atoms with Crippen LogP contribution in [-0.2, 0) is 0 Å². The van der Waals surface area contributed by atoms with Gasteiger partial charge in [-0.2, -0.15) is 5.26 Å². The molecule has 1 aromatic carbocycles. The Morgan fingerprint density at radius 3 is 2.80 bits per heavy atom. The molecule has 1 heterocycles. The van der Waals surface area contributed by atoms with Crippen LogP contribution in [0.3, 0.4) is 0 Å². The average Bonchev–Trinajstić information content (AvgIpc) is 2.42. The molecule has 0 bridgehead atoms. The summed E-state index contributed by atoms with van der Waals surface area (Å²) in [6, 6.07) is 4.37. The van der Waals surface area contributed by atoms with Gasteiger partial charge in [0, 0.05) is 10.6 Å². The summed E-state index contributed by atoms with van der Waals surface area (Å²) in [5.74, 6) is -0.575. The van der Waals surface area contributed by atoms with Gasteiger partial charge in [-0.15, -0.1) is 0 Å². The molecule has 0 radical (unpaired) electrons. The van der Waals surface area contributed by atoms with Crippen molar-refractivity contribution in [3.8, 4) is 17.3 Å². The predicted molar refractivity (Wildman–Crippen MR) is 76.5 cm³/mol. The normalized spacial score (nSPS) is 10.3. The van der Waals surface area contributed by atoms with Gasteiger partial charge in [-0.1, -0.05) is 23.4 Å². The van der Waals surface area contributed by atoms with E-state index in [-0.39, 0.29) is 16.8 Å². The number of nitriles is 1. The molecule has 102 valence electrons. The number of nitrogens with one attached hydrogen (secondary N) is 1. The van der Waals surface area contributed by atoms with E-state index in [4.69, 9.17) is 16.9 Å². The number of thioether (sulfide) groups is 1. The van der Waals surface area contributed by atoms with Crippen molar-refractivity contribution < 1.29 is 4.39 Å². The first-order valence-electron chi connectivity index (χ1n) is 5.52. The number of nitrogens with zero attached hydrogens (tertiary/aromatic N) is 2. The Labute approximate surface area is 123 Å². The lowest BCUT2D eigenvalue weighted by atomic mass is 10.1. The van der Waals surface area contributed by atoms with Gasteiger partial charge in [-0.3, -0.25) is 4.79 Å². The minimum absolute atomic E-state index is 0.000000000000000444. The molecule has 0 aliphatic carbocycles. The SMILES string of the molecule is CSc1nc(-c2cc(Cl)c(C)cc2F)c(C#N)c(=O)[nH]1. The number of H-pyrrole nitrogens is 1. The van der Waals surface area contributed by atoms with Gasteiger partial charge in [-0.05, 0) is 30.9 Å². The van der Waals surface area contributed by atoms with Crippen LogP contribution < -0.4 is 5.56 Å². The molecule has 0 saturated heterocycles. The van der Waals surface area contributed by atoms with Gasteiger partial charge in [0.15, 0.2) is 5.16 Å². The van der Waals surface area contributed by atoms with E-state index in [9.17, 15) is 9.18 Å². The number of benzene rings is 1. The highest BCUT2D eigenvalue weighted by atomic mass is 35.5. The average molecular weight is 310 g/mol. The van der Waals surface area contributed by atoms with Crippen LogP contribution >= 0.6 is 23.4 Å². The lowest BCUT2D eigenvalue weighted by molar-refractivity contribution is 0.629. The van der Waals surface area contributed by atoms with Crippen molar-refractivity contribution in [2.24, 2.45) is 0 Å². The Kier molecular flexibility index (Phi) is 4.12. The third-order valence-electron chi connectivity index (χ3n) is 2.71. The predicted octanol–water partition coefficient (Wildman–Crippen LogP) is 3.13. The molecule has 0 amide bonds. The second-order valence-corrected chi connectivity index (χ2v) is 5.19. The molecule has 2 rings (SSSR count). The topological polar surface area (TPSA) is 69.5 Å². The number of hydrogen-bond donors (Lipinski definition) is 1. The first-order chi connectivity index (χ1) is 9.47. The summed E-state index contributed by atoms with van der Waals surface area (Å²) in [6.45, 7) is 1.67. The second-order valence-electron chi connectivity index (χ2n) is 3.99. The Bertz CT molecular complexity index is 782. The second kappa shape index (κ2) is 5.65. The van der Waals surface area contributed by atoms with Crippen molar-refractivity contribution in [1.82, 2.24) is 9.97 Å². The first kappa shape index (κ1) is 14.6. The van der Waals surface area contributed by atoms with E-state index in [1.165, 1.54) is 23.9 Å². The van der Waals surface area contributed by atoms with E-state index in [0.717, 1.165) is 0 Å². The minimum atomic E-state index is -0.599. The molecule has 4 nitrogen and oxygen atoms in total. The van der Waals surface area contributed by atoms with Crippen LogP contribution in [0, 0.1) is 24.1 Å². The van der Waals surface area contributed by atoms with E-state index in [1.807, 2.05) is 0 Å². The maximum Gasteiger partial charge on any atom is 0.270 e. The van der Waals surface area contributed by atoms with Crippen molar-refractivity contribution in [2.75, 3.05) is 6.26 Å². The molecular formula is C13H9ClFN3OS. The maximum absolute atomic E-state index is 14.1. The summed E-state index contributed by atoms with van der Waals surface area (Å²) in [7, 11) is 0. The van der Waals surface area contributed by atoms with Crippen molar-refractivity contribution >= 4 is 23.4 Å². The van der Waals surface area contributed by atoms with Crippen LogP contribution in [-0.4, -0.2) is 16.2 Å². The monoisotopic (exact) mass is 309 g/mol. The van der Waals surface area contributed by atoms with Gasteiger partial charge in [-0.25, -0.2) is 9.37 Å². The molecule has 0 aliphatic rings. The van der Waals surface area contributed by atoms with Crippen LogP contribution in [0.4, 0.5) is 4.39 Å². The Hall–Kier alpha value is -1.84. The molecule has 0 spiro atoms. The number of rotatable bonds is 2. The molecule has 20 heavy (non-hydrogen) atoms. The van der Waals surface area contributed by atoms with Crippen molar-refractivity contribution in [1.29, 1.82) is 5.26 Å². The third kappa shape index (κ3) is 2.55. The minimum Gasteiger partial charge on any atom is -0.300 e. The Morgan fingerprint density at radius 2 is 2.20 bits per heavy atom. The molecule has 1 aromatic heterocycles. The quantitative estimate of drug-likeness (QED) is 0.683. The van der Waals surface area contributed by atoms with Crippen LogP contribution in [0.2, 0.25) is 5.02 Å². The van der Waals surface area contributed by atoms with Gasteiger partial charge in [0.25, 0.3) is 5.56 Å². The summed E-state index contributed by atoms with van der Waals surface area (Å²) in [5, 5.41) is 9.72. The van der Waals surface area contributed by atoms with Gasteiger partial charge in [0.1, 0.15) is 17.4 Å². The molecule has 1 N–H and O–H groups in total. The number of halogens is 2. The number of aromatic amines is 1. The summed E-state index contributed by atoms with van der Waals surface area (Å²) >= 11 is 7.17. The summed E-state index contributed by atoms with van der Waals surface area (Å²) in [5.41, 5.74) is -0.223. The van der Waals surface area contributed by atoms with Gasteiger partial charge in [0.05, 0.1) is 5.69 Å². The smallest absolute Gasteiger partial charge is 0.270 e. The highest BCUT2D eigenvalue weighted by molar-refractivity contribution is 7.98. The molecule has 2 aromatic rings. The van der Waals surface area contributed by atoms with E-state index in [2.05, 4.69) is 9.97 Å². The molecular weight excluding hydrogens is 301 g/mol. The fraction of sp³-hybridized carbons (Fsp3) is 0.154. The highest BCUT2D eigenvalue weighted by Crippen LogP contribution is 2.29. The number of hydrogen-bond acceptors (Lipinski definition) is 4. The number of aryl methyl sites for hydroxylation is 1. The fourth-order valence-electron chi connectivity index (χ4n) is 1.68. The van der Waals surface area contributed by atoms with Crippen LogP contribution in [0.5, 0.6) is 0 Å². The third-order valence-corrected chi connectivity index (χ3v) is 3.69. The van der Waals surface area contributed by atoms with E-state index in [0.29, 0.717) is 15.7 Å². The highest BCUT2D eigenvalue weighted by Gasteiger charge is 2.17. The van der Waals surface area contributed by atoms with Crippen molar-refractivity contribution in [3.05, 3.63) is 44.5 Å². The van der Waals surface area contributed by atoms with E-state index >= 15 is 0 Å². The summed E-state index contributed by atoms with van der Waals surface area (Å²) < 4.78 is 14.1. The van der Waals surface area contributed by atoms with Gasteiger partial charge in [0.2, 0.25) is 0 Å². The van der Waals surface area contributed by atoms with Crippen molar-refractivity contribution in [3.63, 3.8) is 0 Å². The lowest BCUT2D eigenvalue weighted by Crippen LogP contribution is -2.15. The summed E-state index contributed by atoms with van der Waals surface area (Å²) in [6.07, 6.45) is 1.71. The standard InChI is InChI=1S/C13H9ClFN3OS/c1-6-3-10(15)7(4-9(6)14)11-8(5-16)12(19)18-13(17-11)20-2/h3-4H,1-2H3,(H,17,18,19). The van der Waals surface area contributed by atoms with E-state index in [1.54, 1.807) is 19.2 Å². The molecule has 0 saturated carbocycles. The van der Waals surface area contributed by atoms with Gasteiger partial charge >= 0.3 is 0 Å². The molecule has 0 atom stereocenters. The van der Waals surface area contributed by atoms with Crippen molar-refractivity contribution in [2.45, 2.75) is 12.1 Å². The van der Waals surface area contributed by atoms with Crippen LogP contribution in [0.1, 0.15) is 11.1 Å². The van der Waals surface area contributed by atoms with Crippen LogP contribution in [0.15, 0.2) is 22.1 Å². The number of aromatic nitrogens is 2. The fourth-order valence-corrected chi connectivity index (χ4v) is 2.22. The van der Waals surface area contributed by atoms with Crippen LogP contribution in [0.25, 0.3) is 11.3 Å². The van der Waals surface area contributed by atoms with E-state index < -0.39 is 11.4 Å². The molecule has 0 unspecified atom stereocenters.